The van der Waals surface area contributed by atoms with Gasteiger partial charge in [0.15, 0.2) is 0 Å². The largest absolute Gasteiger partial charge is 0.380 e. The number of rotatable bonds is 2. The fraction of sp³-hybridized carbons (Fsp3) is 0.333. The molecule has 1 aromatic carbocycles. The molecule has 1 rings (SSSR count). The van der Waals surface area contributed by atoms with Gasteiger partial charge in [-0.2, -0.15) is 0 Å². The number of hydrogen-bond donors (Lipinski definition) is 0. The zero-order valence-electron chi connectivity index (χ0n) is 6.73. The van der Waals surface area contributed by atoms with E-state index in [1.165, 1.54) is 5.56 Å². The van der Waals surface area contributed by atoms with Gasteiger partial charge in [-0.25, -0.2) is 0 Å². The first kappa shape index (κ1) is 8.57. The highest BCUT2D eigenvalue weighted by atomic mass is 35.5. The quantitative estimate of drug-likeness (QED) is 0.663. The second-order valence-corrected chi connectivity index (χ2v) is 3.01. The van der Waals surface area contributed by atoms with E-state index in [9.17, 15) is 0 Å². The molecule has 0 amide bonds. The highest BCUT2D eigenvalue weighted by molar-refractivity contribution is 6.30. The molecule has 0 aliphatic rings. The molecular formula is C9H11ClO. The van der Waals surface area contributed by atoms with E-state index < -0.39 is 0 Å². The maximum Gasteiger partial charge on any atom is 0.0713 e. The fourth-order valence-electron chi connectivity index (χ4n) is 1.06. The summed E-state index contributed by atoms with van der Waals surface area (Å²) in [6.07, 6.45) is 0. The van der Waals surface area contributed by atoms with Crippen molar-refractivity contribution in [3.05, 3.63) is 34.3 Å². The lowest BCUT2D eigenvalue weighted by Gasteiger charge is -2.01. The van der Waals surface area contributed by atoms with Gasteiger partial charge in [-0.15, -0.1) is 0 Å². The van der Waals surface area contributed by atoms with Crippen molar-refractivity contribution >= 4 is 11.6 Å². The number of benzene rings is 1. The van der Waals surface area contributed by atoms with Crippen molar-refractivity contribution in [3.63, 3.8) is 0 Å². The molecule has 0 heterocycles. The Kier molecular flexibility index (Phi) is 2.92. The number of ether oxygens (including phenoxy) is 1. The minimum atomic E-state index is 0.626. The van der Waals surface area contributed by atoms with Crippen LogP contribution in [-0.4, -0.2) is 7.11 Å². The maximum atomic E-state index is 5.83. The first-order valence-corrected chi connectivity index (χ1v) is 3.85. The van der Waals surface area contributed by atoms with Crippen molar-refractivity contribution in [2.75, 3.05) is 7.11 Å². The van der Waals surface area contributed by atoms with Crippen molar-refractivity contribution in [3.8, 4) is 0 Å². The normalized spacial score (nSPS) is 10.1. The molecule has 0 aliphatic heterocycles. The molecule has 0 bridgehead atoms. The predicted octanol–water partition coefficient (Wildman–Crippen LogP) is 2.79. The Morgan fingerprint density at radius 3 is 2.64 bits per heavy atom. The van der Waals surface area contributed by atoms with Crippen LogP contribution in [-0.2, 0) is 11.3 Å². The molecule has 0 spiro atoms. The van der Waals surface area contributed by atoms with Crippen LogP contribution in [0.4, 0.5) is 0 Å². The average Bonchev–Trinajstić information content (AvgIpc) is 1.85. The zero-order valence-corrected chi connectivity index (χ0v) is 7.48. The van der Waals surface area contributed by atoms with Crippen LogP contribution in [0.15, 0.2) is 18.2 Å². The molecule has 0 radical (unpaired) electrons. The first-order chi connectivity index (χ1) is 5.22. The van der Waals surface area contributed by atoms with E-state index >= 15 is 0 Å². The van der Waals surface area contributed by atoms with Crippen LogP contribution >= 0.6 is 11.6 Å². The van der Waals surface area contributed by atoms with Gasteiger partial charge in [-0.05, 0) is 30.2 Å². The van der Waals surface area contributed by atoms with E-state index in [0.717, 1.165) is 10.6 Å². The van der Waals surface area contributed by atoms with Crippen molar-refractivity contribution in [1.82, 2.24) is 0 Å². The number of halogens is 1. The van der Waals surface area contributed by atoms with E-state index in [2.05, 4.69) is 6.07 Å². The fourth-order valence-corrected chi connectivity index (χ4v) is 1.37. The van der Waals surface area contributed by atoms with Crippen molar-refractivity contribution in [2.45, 2.75) is 13.5 Å². The molecule has 0 aliphatic carbocycles. The summed E-state index contributed by atoms with van der Waals surface area (Å²) in [5.41, 5.74) is 2.29. The molecule has 0 saturated carbocycles. The smallest absolute Gasteiger partial charge is 0.0713 e. The Hall–Kier alpha value is -0.530. The molecule has 0 N–H and O–H groups in total. The third-order valence-corrected chi connectivity index (χ3v) is 1.63. The number of aryl methyl sites for hydroxylation is 1. The zero-order chi connectivity index (χ0) is 8.27. The Morgan fingerprint density at radius 1 is 1.36 bits per heavy atom. The van der Waals surface area contributed by atoms with E-state index in [0.29, 0.717) is 6.61 Å². The average molecular weight is 171 g/mol. The van der Waals surface area contributed by atoms with E-state index in [1.807, 2.05) is 19.1 Å². The summed E-state index contributed by atoms with van der Waals surface area (Å²) in [5.74, 6) is 0. The molecule has 1 nitrogen and oxygen atoms in total. The highest BCUT2D eigenvalue weighted by Gasteiger charge is 1.95. The van der Waals surface area contributed by atoms with Crippen LogP contribution in [0.2, 0.25) is 5.02 Å². The Bertz CT molecular complexity index is 225. The summed E-state index contributed by atoms with van der Waals surface area (Å²) < 4.78 is 4.98. The predicted molar refractivity (Wildman–Crippen MR) is 46.9 cm³/mol. The molecular weight excluding hydrogens is 160 g/mol. The van der Waals surface area contributed by atoms with Gasteiger partial charge < -0.3 is 4.74 Å². The van der Waals surface area contributed by atoms with E-state index in [-0.39, 0.29) is 0 Å². The summed E-state index contributed by atoms with van der Waals surface area (Å²) in [6.45, 7) is 2.65. The lowest BCUT2D eigenvalue weighted by molar-refractivity contribution is 0.185. The molecule has 2 heteroatoms. The summed E-state index contributed by atoms with van der Waals surface area (Å²) >= 11 is 5.83. The lowest BCUT2D eigenvalue weighted by Crippen LogP contribution is -1.87. The van der Waals surface area contributed by atoms with E-state index in [4.69, 9.17) is 16.3 Å². The summed E-state index contributed by atoms with van der Waals surface area (Å²) in [5, 5.41) is 0.775. The van der Waals surface area contributed by atoms with Crippen molar-refractivity contribution in [2.24, 2.45) is 0 Å². The van der Waals surface area contributed by atoms with Gasteiger partial charge in [-0.3, -0.25) is 0 Å². The van der Waals surface area contributed by atoms with Crippen LogP contribution in [0.25, 0.3) is 0 Å². The van der Waals surface area contributed by atoms with Gasteiger partial charge >= 0.3 is 0 Å². The van der Waals surface area contributed by atoms with Crippen molar-refractivity contribution < 1.29 is 4.74 Å². The van der Waals surface area contributed by atoms with Crippen LogP contribution in [0.1, 0.15) is 11.1 Å². The molecule has 0 saturated heterocycles. The third-order valence-electron chi connectivity index (χ3n) is 1.41. The molecule has 0 fully saturated rings. The highest BCUT2D eigenvalue weighted by Crippen LogP contribution is 2.14. The minimum absolute atomic E-state index is 0.626. The Balaban J connectivity index is 2.89. The topological polar surface area (TPSA) is 9.23 Å². The van der Waals surface area contributed by atoms with Gasteiger partial charge in [0.1, 0.15) is 0 Å². The summed E-state index contributed by atoms with van der Waals surface area (Å²) in [7, 11) is 1.68. The second-order valence-electron chi connectivity index (χ2n) is 2.57. The van der Waals surface area contributed by atoms with Crippen LogP contribution in [0, 0.1) is 6.92 Å². The Morgan fingerprint density at radius 2 is 2.09 bits per heavy atom. The van der Waals surface area contributed by atoms with E-state index in [1.54, 1.807) is 7.11 Å². The van der Waals surface area contributed by atoms with Crippen LogP contribution in [0.5, 0.6) is 0 Å². The molecule has 1 aromatic rings. The molecule has 60 valence electrons. The lowest BCUT2D eigenvalue weighted by atomic mass is 10.1. The van der Waals surface area contributed by atoms with Crippen LogP contribution in [0.3, 0.4) is 0 Å². The SMILES string of the molecule is COCc1cc(C)cc(Cl)c1. The van der Waals surface area contributed by atoms with Gasteiger partial charge in [0.05, 0.1) is 6.61 Å². The van der Waals surface area contributed by atoms with Gasteiger partial charge in [0.2, 0.25) is 0 Å². The maximum absolute atomic E-state index is 5.83. The molecule has 0 aromatic heterocycles. The molecule has 0 atom stereocenters. The molecule has 0 unspecified atom stereocenters. The van der Waals surface area contributed by atoms with Crippen LogP contribution < -0.4 is 0 Å². The minimum Gasteiger partial charge on any atom is -0.380 e. The molecule has 11 heavy (non-hydrogen) atoms. The number of hydrogen-bond acceptors (Lipinski definition) is 1. The first-order valence-electron chi connectivity index (χ1n) is 3.47. The van der Waals surface area contributed by atoms with Gasteiger partial charge in [0, 0.05) is 12.1 Å². The van der Waals surface area contributed by atoms with Crippen molar-refractivity contribution in [1.29, 1.82) is 0 Å². The Labute approximate surface area is 71.9 Å². The monoisotopic (exact) mass is 170 g/mol. The third kappa shape index (κ3) is 2.52. The second kappa shape index (κ2) is 3.74. The van der Waals surface area contributed by atoms with Gasteiger partial charge in [-0.1, -0.05) is 17.7 Å². The number of methoxy groups -OCH3 is 1. The summed E-state index contributed by atoms with van der Waals surface area (Å²) in [6, 6.07) is 5.91. The standard InChI is InChI=1S/C9H11ClO/c1-7-3-8(6-11-2)5-9(10)4-7/h3-5H,6H2,1-2H3. The van der Waals surface area contributed by atoms with Gasteiger partial charge in [0.25, 0.3) is 0 Å². The summed E-state index contributed by atoms with van der Waals surface area (Å²) in [4.78, 5) is 0.